The molecule has 0 aliphatic carbocycles. The molecule has 0 radical (unpaired) electrons. The van der Waals surface area contributed by atoms with E-state index in [9.17, 15) is 4.39 Å². The second-order valence-electron chi connectivity index (χ2n) is 5.14. The van der Waals surface area contributed by atoms with Crippen LogP contribution in [0.2, 0.25) is 0 Å². The molecule has 1 N–H and O–H groups in total. The van der Waals surface area contributed by atoms with Crippen molar-refractivity contribution < 1.29 is 9.13 Å². The second kappa shape index (κ2) is 7.37. The van der Waals surface area contributed by atoms with Crippen LogP contribution in [0.3, 0.4) is 0 Å². The van der Waals surface area contributed by atoms with Gasteiger partial charge in [0.1, 0.15) is 0 Å². The number of hydrogen-bond acceptors (Lipinski definition) is 2. The topological polar surface area (TPSA) is 21.3 Å². The molecule has 0 amide bonds. The predicted octanol–water partition coefficient (Wildman–Crippen LogP) is 3.40. The number of hydrogen-bond donors (Lipinski definition) is 1. The average molecular weight is 253 g/mol. The van der Waals surface area contributed by atoms with Gasteiger partial charge in [-0.3, -0.25) is 0 Å². The normalized spacial score (nSPS) is 12.8. The van der Waals surface area contributed by atoms with Gasteiger partial charge in [0.15, 0.2) is 11.6 Å². The second-order valence-corrected chi connectivity index (χ2v) is 5.14. The third kappa shape index (κ3) is 4.65. The maximum atomic E-state index is 13.9. The van der Waals surface area contributed by atoms with E-state index in [0.717, 1.165) is 24.9 Å². The third-order valence-corrected chi connectivity index (χ3v) is 3.02. The van der Waals surface area contributed by atoms with E-state index in [1.165, 1.54) is 7.11 Å². The first-order valence-electron chi connectivity index (χ1n) is 6.59. The summed E-state index contributed by atoms with van der Waals surface area (Å²) in [6.45, 7) is 7.39. The zero-order valence-electron chi connectivity index (χ0n) is 11.8. The van der Waals surface area contributed by atoms with Crippen LogP contribution in [0.4, 0.5) is 4.39 Å². The molecule has 18 heavy (non-hydrogen) atoms. The fourth-order valence-electron chi connectivity index (χ4n) is 1.97. The first-order chi connectivity index (χ1) is 8.54. The fourth-order valence-corrected chi connectivity index (χ4v) is 1.97. The van der Waals surface area contributed by atoms with Gasteiger partial charge in [0.25, 0.3) is 0 Å². The van der Waals surface area contributed by atoms with Crippen molar-refractivity contribution in [1.82, 2.24) is 5.32 Å². The molecule has 1 unspecified atom stereocenters. The lowest BCUT2D eigenvalue weighted by molar-refractivity contribution is 0.381. The average Bonchev–Trinajstić information content (AvgIpc) is 2.31. The van der Waals surface area contributed by atoms with Gasteiger partial charge < -0.3 is 10.1 Å². The zero-order chi connectivity index (χ0) is 13.5. The SMILES string of the molecule is COc1cccc(CC(C)CCNC(C)C)c1F. The maximum absolute atomic E-state index is 13.9. The molecular formula is C15H24FNO. The Morgan fingerprint density at radius 2 is 2.00 bits per heavy atom. The van der Waals surface area contributed by atoms with Gasteiger partial charge in [-0.2, -0.15) is 0 Å². The molecule has 0 saturated carbocycles. The van der Waals surface area contributed by atoms with Crippen molar-refractivity contribution in [2.75, 3.05) is 13.7 Å². The van der Waals surface area contributed by atoms with Gasteiger partial charge in [0, 0.05) is 6.04 Å². The quantitative estimate of drug-likeness (QED) is 0.804. The van der Waals surface area contributed by atoms with E-state index in [2.05, 4.69) is 26.1 Å². The number of rotatable bonds is 7. The molecule has 0 heterocycles. The number of ether oxygens (including phenoxy) is 1. The van der Waals surface area contributed by atoms with Crippen molar-refractivity contribution in [1.29, 1.82) is 0 Å². The molecular weight excluding hydrogens is 229 g/mol. The van der Waals surface area contributed by atoms with E-state index in [-0.39, 0.29) is 5.82 Å². The van der Waals surface area contributed by atoms with Crippen LogP contribution in [-0.2, 0) is 6.42 Å². The predicted molar refractivity (Wildman–Crippen MR) is 73.6 cm³/mol. The highest BCUT2D eigenvalue weighted by Gasteiger charge is 2.11. The molecule has 2 nitrogen and oxygen atoms in total. The van der Waals surface area contributed by atoms with E-state index in [1.807, 2.05) is 12.1 Å². The minimum atomic E-state index is -0.219. The van der Waals surface area contributed by atoms with Crippen LogP contribution < -0.4 is 10.1 Å². The molecule has 0 aromatic heterocycles. The van der Waals surface area contributed by atoms with E-state index < -0.39 is 0 Å². The Bertz CT molecular complexity index is 366. The van der Waals surface area contributed by atoms with Crippen LogP contribution in [0.1, 0.15) is 32.8 Å². The van der Waals surface area contributed by atoms with Gasteiger partial charge in [-0.1, -0.05) is 32.9 Å². The highest BCUT2D eigenvalue weighted by Crippen LogP contribution is 2.22. The van der Waals surface area contributed by atoms with Gasteiger partial charge in [0.2, 0.25) is 0 Å². The standard InChI is InChI=1S/C15H24FNO/c1-11(2)17-9-8-12(3)10-13-6-5-7-14(18-4)15(13)16/h5-7,11-12,17H,8-10H2,1-4H3. The van der Waals surface area contributed by atoms with E-state index in [0.29, 0.717) is 17.7 Å². The summed E-state index contributed by atoms with van der Waals surface area (Å²) in [5.41, 5.74) is 0.742. The summed E-state index contributed by atoms with van der Waals surface area (Å²) < 4.78 is 18.9. The van der Waals surface area contributed by atoms with E-state index >= 15 is 0 Å². The van der Waals surface area contributed by atoms with Gasteiger partial charge >= 0.3 is 0 Å². The Balaban J connectivity index is 2.51. The van der Waals surface area contributed by atoms with Gasteiger partial charge in [-0.15, -0.1) is 0 Å². The molecule has 0 aliphatic rings. The summed E-state index contributed by atoms with van der Waals surface area (Å²) in [5.74, 6) is 0.571. The minimum Gasteiger partial charge on any atom is -0.494 e. The Morgan fingerprint density at radius 3 is 2.61 bits per heavy atom. The molecule has 0 fully saturated rings. The summed E-state index contributed by atoms with van der Waals surface area (Å²) in [6, 6.07) is 5.84. The fraction of sp³-hybridized carbons (Fsp3) is 0.600. The summed E-state index contributed by atoms with van der Waals surface area (Å²) in [6.07, 6.45) is 1.80. The third-order valence-electron chi connectivity index (χ3n) is 3.02. The molecule has 102 valence electrons. The number of methoxy groups -OCH3 is 1. The van der Waals surface area contributed by atoms with Crippen LogP contribution in [0.15, 0.2) is 18.2 Å². The highest BCUT2D eigenvalue weighted by molar-refractivity contribution is 5.31. The molecule has 3 heteroatoms. The van der Waals surface area contributed by atoms with Crippen LogP contribution in [-0.4, -0.2) is 19.7 Å². The Hall–Kier alpha value is -1.09. The van der Waals surface area contributed by atoms with Crippen LogP contribution in [0.5, 0.6) is 5.75 Å². The van der Waals surface area contributed by atoms with Crippen molar-refractivity contribution >= 4 is 0 Å². The summed E-state index contributed by atoms with van der Waals surface area (Å²) in [4.78, 5) is 0. The Kier molecular flexibility index (Phi) is 6.13. The molecule has 1 aromatic carbocycles. The van der Waals surface area contributed by atoms with Crippen LogP contribution in [0.25, 0.3) is 0 Å². The van der Waals surface area contributed by atoms with Crippen LogP contribution in [0, 0.1) is 11.7 Å². The summed E-state index contributed by atoms with van der Waals surface area (Å²) >= 11 is 0. The molecule has 0 aliphatic heterocycles. The maximum Gasteiger partial charge on any atom is 0.168 e. The lowest BCUT2D eigenvalue weighted by atomic mass is 9.97. The van der Waals surface area contributed by atoms with Crippen molar-refractivity contribution in [3.63, 3.8) is 0 Å². The first kappa shape index (κ1) is 15.0. The van der Waals surface area contributed by atoms with Gasteiger partial charge in [-0.25, -0.2) is 4.39 Å². The Labute approximate surface area is 110 Å². The van der Waals surface area contributed by atoms with Crippen molar-refractivity contribution in [2.24, 2.45) is 5.92 Å². The lowest BCUT2D eigenvalue weighted by Crippen LogP contribution is -2.25. The summed E-state index contributed by atoms with van der Waals surface area (Å²) in [7, 11) is 1.50. The molecule has 1 aromatic rings. The highest BCUT2D eigenvalue weighted by atomic mass is 19.1. The molecule has 0 saturated heterocycles. The zero-order valence-corrected chi connectivity index (χ0v) is 11.8. The first-order valence-corrected chi connectivity index (χ1v) is 6.59. The largest absolute Gasteiger partial charge is 0.494 e. The van der Waals surface area contributed by atoms with Crippen LogP contribution >= 0.6 is 0 Å². The number of nitrogens with one attached hydrogen (secondary N) is 1. The molecule has 0 bridgehead atoms. The van der Waals surface area contributed by atoms with Crippen molar-refractivity contribution in [3.05, 3.63) is 29.6 Å². The van der Waals surface area contributed by atoms with Crippen molar-refractivity contribution in [3.8, 4) is 5.75 Å². The van der Waals surface area contributed by atoms with E-state index in [1.54, 1.807) is 6.07 Å². The number of benzene rings is 1. The smallest absolute Gasteiger partial charge is 0.168 e. The lowest BCUT2D eigenvalue weighted by Gasteiger charge is -2.15. The van der Waals surface area contributed by atoms with Crippen molar-refractivity contribution in [2.45, 2.75) is 39.7 Å². The molecule has 1 atom stereocenters. The van der Waals surface area contributed by atoms with E-state index in [4.69, 9.17) is 4.74 Å². The Morgan fingerprint density at radius 1 is 1.28 bits per heavy atom. The number of halogens is 1. The molecule has 0 spiro atoms. The van der Waals surface area contributed by atoms with Gasteiger partial charge in [-0.05, 0) is 36.9 Å². The minimum absolute atomic E-state index is 0.219. The monoisotopic (exact) mass is 253 g/mol. The summed E-state index contributed by atoms with van der Waals surface area (Å²) in [5, 5.41) is 3.38. The van der Waals surface area contributed by atoms with Gasteiger partial charge in [0.05, 0.1) is 7.11 Å². The molecule has 1 rings (SSSR count).